The highest BCUT2D eigenvalue weighted by atomic mass is 32.2. The zero-order valence-corrected chi connectivity index (χ0v) is 18.0. The first-order valence-electron chi connectivity index (χ1n) is 9.19. The average Bonchev–Trinajstić information content (AvgIpc) is 3.22. The van der Waals surface area contributed by atoms with Gasteiger partial charge in [0.25, 0.3) is 11.8 Å². The fraction of sp³-hybridized carbons (Fsp3) is 0.0909. The predicted molar refractivity (Wildman–Crippen MR) is 127 cm³/mol. The first kappa shape index (κ1) is 19.9. The number of nitrogen functional groups attached to an aromatic ring is 2. The lowest BCUT2D eigenvalue weighted by Gasteiger charge is -2.06. The van der Waals surface area contributed by atoms with E-state index >= 15 is 0 Å². The van der Waals surface area contributed by atoms with E-state index in [0.29, 0.717) is 37.9 Å². The first-order chi connectivity index (χ1) is 14.3. The Morgan fingerprint density at radius 3 is 1.40 bits per heavy atom. The molecule has 8 heteroatoms. The van der Waals surface area contributed by atoms with Crippen LogP contribution in [0.1, 0.15) is 30.5 Å². The van der Waals surface area contributed by atoms with E-state index in [4.69, 9.17) is 11.5 Å². The second-order valence-corrected chi connectivity index (χ2v) is 9.29. The predicted octanol–water partition coefficient (Wildman–Crippen LogP) is 5.25. The molecule has 2 heterocycles. The normalized spacial score (nSPS) is 10.9. The number of nitrogens with two attached hydrogens (primary N) is 2. The summed E-state index contributed by atoms with van der Waals surface area (Å²) >= 11 is 2.47. The van der Waals surface area contributed by atoms with E-state index in [1.807, 2.05) is 62.4 Å². The molecule has 0 aliphatic carbocycles. The van der Waals surface area contributed by atoms with E-state index in [0.717, 1.165) is 15.1 Å². The maximum atomic E-state index is 12.7. The lowest BCUT2D eigenvalue weighted by Crippen LogP contribution is -2.13. The van der Waals surface area contributed by atoms with E-state index in [1.165, 1.54) is 22.7 Å². The summed E-state index contributed by atoms with van der Waals surface area (Å²) in [5, 5.41) is 6.26. The molecule has 0 unspecified atom stereocenters. The van der Waals surface area contributed by atoms with E-state index in [2.05, 4.69) is 10.6 Å². The van der Waals surface area contributed by atoms with Crippen LogP contribution in [-0.2, 0) is 0 Å². The minimum absolute atomic E-state index is 0.294. The van der Waals surface area contributed by atoms with Gasteiger partial charge < -0.3 is 22.1 Å². The number of hydrogen-bond acceptors (Lipinski definition) is 6. The third-order valence-electron chi connectivity index (χ3n) is 4.65. The molecule has 2 aromatic carbocycles. The van der Waals surface area contributed by atoms with Gasteiger partial charge in [-0.2, -0.15) is 0 Å². The van der Waals surface area contributed by atoms with Gasteiger partial charge in [-0.3, -0.25) is 9.59 Å². The molecule has 0 saturated carbocycles. The number of carbonyl (C=O) groups is 2. The van der Waals surface area contributed by atoms with Gasteiger partial charge in [0.15, 0.2) is 0 Å². The Bertz CT molecular complexity index is 1160. The average molecular weight is 437 g/mol. The number of anilines is 4. The summed E-state index contributed by atoms with van der Waals surface area (Å²) in [6.45, 7) is 3.96. The van der Waals surface area contributed by atoms with Crippen molar-refractivity contribution in [1.29, 1.82) is 0 Å². The molecule has 0 fully saturated rings. The molecule has 2 amide bonds. The van der Waals surface area contributed by atoms with Crippen molar-refractivity contribution < 1.29 is 9.59 Å². The Kier molecular flexibility index (Phi) is 5.19. The molecule has 6 nitrogen and oxygen atoms in total. The number of amides is 2. The second kappa shape index (κ2) is 7.81. The topological polar surface area (TPSA) is 110 Å². The molecule has 2 aromatic heterocycles. The number of carbonyl (C=O) groups excluding carboxylic acids is 2. The van der Waals surface area contributed by atoms with Gasteiger partial charge in [0.1, 0.15) is 9.75 Å². The SMILES string of the molecule is Cc1ccc(NC(=O)c2sc3sc(C(=O)Nc4ccc(C)cc4)c(N)c3c2N)cc1. The summed E-state index contributed by atoms with van der Waals surface area (Å²) in [4.78, 5) is 26.1. The van der Waals surface area contributed by atoms with Crippen LogP contribution in [0, 0.1) is 13.8 Å². The number of thiophene rings is 2. The number of fused-ring (bicyclic) bond motifs is 1. The van der Waals surface area contributed by atoms with Crippen molar-refractivity contribution in [2.75, 3.05) is 22.1 Å². The Morgan fingerprint density at radius 1 is 0.700 bits per heavy atom. The lowest BCUT2D eigenvalue weighted by molar-refractivity contribution is 0.102. The molecule has 0 aliphatic heterocycles. The van der Waals surface area contributed by atoms with Crippen LogP contribution < -0.4 is 22.1 Å². The molecular weight excluding hydrogens is 416 g/mol. The smallest absolute Gasteiger partial charge is 0.267 e. The Labute approximate surface area is 181 Å². The zero-order chi connectivity index (χ0) is 21.4. The zero-order valence-electron chi connectivity index (χ0n) is 16.4. The molecule has 0 saturated heterocycles. The van der Waals surface area contributed by atoms with Crippen molar-refractivity contribution in [1.82, 2.24) is 0 Å². The van der Waals surface area contributed by atoms with Crippen LogP contribution in [0.25, 0.3) is 9.40 Å². The van der Waals surface area contributed by atoms with Gasteiger partial charge in [-0.1, -0.05) is 35.4 Å². The summed E-state index contributed by atoms with van der Waals surface area (Å²) in [6, 6.07) is 15.0. The molecule has 30 heavy (non-hydrogen) atoms. The van der Waals surface area contributed by atoms with Gasteiger partial charge in [-0.25, -0.2) is 0 Å². The Balaban J connectivity index is 1.59. The minimum atomic E-state index is -0.296. The summed E-state index contributed by atoms with van der Waals surface area (Å²) in [5.41, 5.74) is 16.7. The van der Waals surface area contributed by atoms with Crippen molar-refractivity contribution in [3.63, 3.8) is 0 Å². The van der Waals surface area contributed by atoms with Crippen LogP contribution >= 0.6 is 22.7 Å². The number of benzene rings is 2. The fourth-order valence-electron chi connectivity index (χ4n) is 3.00. The summed E-state index contributed by atoms with van der Waals surface area (Å²) in [6.07, 6.45) is 0. The van der Waals surface area contributed by atoms with Gasteiger partial charge in [0.2, 0.25) is 0 Å². The number of nitrogens with one attached hydrogen (secondary N) is 2. The highest BCUT2D eigenvalue weighted by Crippen LogP contribution is 2.45. The summed E-state index contributed by atoms with van der Waals surface area (Å²) in [7, 11) is 0. The van der Waals surface area contributed by atoms with Crippen molar-refractivity contribution in [2.24, 2.45) is 0 Å². The highest BCUT2D eigenvalue weighted by molar-refractivity contribution is 7.40. The number of rotatable bonds is 4. The van der Waals surface area contributed by atoms with Crippen molar-refractivity contribution in [2.45, 2.75) is 13.8 Å². The van der Waals surface area contributed by atoms with E-state index in [9.17, 15) is 9.59 Å². The van der Waals surface area contributed by atoms with E-state index < -0.39 is 0 Å². The molecule has 0 radical (unpaired) electrons. The molecule has 152 valence electrons. The molecule has 0 spiro atoms. The Morgan fingerprint density at radius 2 is 1.07 bits per heavy atom. The van der Waals surface area contributed by atoms with Gasteiger partial charge >= 0.3 is 0 Å². The monoisotopic (exact) mass is 436 g/mol. The summed E-state index contributed by atoms with van der Waals surface area (Å²) < 4.78 is 0.744. The van der Waals surface area contributed by atoms with Crippen LogP contribution in [0.2, 0.25) is 0 Å². The Hall–Kier alpha value is -3.36. The maximum Gasteiger partial charge on any atom is 0.267 e. The number of aryl methyl sites for hydroxylation is 2. The quantitative estimate of drug-likeness (QED) is 0.350. The van der Waals surface area contributed by atoms with Gasteiger partial charge in [-0.15, -0.1) is 22.7 Å². The van der Waals surface area contributed by atoms with Crippen LogP contribution in [0.3, 0.4) is 0 Å². The third-order valence-corrected chi connectivity index (χ3v) is 7.15. The number of hydrogen-bond donors (Lipinski definition) is 4. The largest absolute Gasteiger partial charge is 0.397 e. The van der Waals surface area contributed by atoms with Crippen molar-refractivity contribution in [3.8, 4) is 0 Å². The molecule has 4 aromatic rings. The van der Waals surface area contributed by atoms with Crippen LogP contribution in [0.4, 0.5) is 22.7 Å². The van der Waals surface area contributed by atoms with E-state index in [-0.39, 0.29) is 11.8 Å². The van der Waals surface area contributed by atoms with Gasteiger partial charge in [-0.05, 0) is 38.1 Å². The van der Waals surface area contributed by atoms with Crippen LogP contribution in [0.15, 0.2) is 48.5 Å². The maximum absolute atomic E-state index is 12.7. The highest BCUT2D eigenvalue weighted by Gasteiger charge is 2.25. The van der Waals surface area contributed by atoms with Crippen LogP contribution in [-0.4, -0.2) is 11.8 Å². The van der Waals surface area contributed by atoms with Gasteiger partial charge in [0, 0.05) is 11.4 Å². The van der Waals surface area contributed by atoms with Crippen molar-refractivity contribution in [3.05, 3.63) is 69.4 Å². The van der Waals surface area contributed by atoms with Crippen LogP contribution in [0.5, 0.6) is 0 Å². The molecule has 0 aliphatic rings. The molecule has 6 N–H and O–H groups in total. The van der Waals surface area contributed by atoms with Crippen molar-refractivity contribution >= 4 is 66.6 Å². The summed E-state index contributed by atoms with van der Waals surface area (Å²) in [5.74, 6) is -0.593. The molecule has 0 atom stereocenters. The lowest BCUT2D eigenvalue weighted by atomic mass is 10.2. The molecule has 0 bridgehead atoms. The minimum Gasteiger partial charge on any atom is -0.397 e. The standard InChI is InChI=1S/C22H20N4O2S2/c1-11-3-7-13(8-4-11)25-20(27)18-16(23)15-17(24)19(30-22(15)29-18)21(28)26-14-9-5-12(2)6-10-14/h3-10H,23-24H2,1-2H3,(H,25,27)(H,26,28). The second-order valence-electron chi connectivity index (χ2n) is 6.99. The first-order valence-corrected chi connectivity index (χ1v) is 10.8. The third kappa shape index (κ3) is 3.74. The fourth-order valence-corrected chi connectivity index (χ4v) is 5.39. The molecular formula is C22H20N4O2S2. The molecule has 4 rings (SSSR count). The van der Waals surface area contributed by atoms with E-state index in [1.54, 1.807) is 0 Å². The van der Waals surface area contributed by atoms with Gasteiger partial charge in [0.05, 0.1) is 20.8 Å².